The summed E-state index contributed by atoms with van der Waals surface area (Å²) in [4.78, 5) is 31.6. The second-order valence-corrected chi connectivity index (χ2v) is 10.5. The average Bonchev–Trinajstić information content (AvgIpc) is 2.77. The molecule has 4 rings (SSSR count). The highest BCUT2D eigenvalue weighted by atomic mass is 32.2. The number of benzene rings is 1. The number of hydrogen-bond acceptors (Lipinski definition) is 5. The van der Waals surface area contributed by atoms with Crippen molar-refractivity contribution in [3.05, 3.63) is 41.6 Å². The summed E-state index contributed by atoms with van der Waals surface area (Å²) in [6, 6.07) is 9.46. The topological polar surface area (TPSA) is 114 Å². The first-order chi connectivity index (χ1) is 14.7. The van der Waals surface area contributed by atoms with Crippen LogP contribution in [0.5, 0.6) is 0 Å². The molecule has 2 amide bonds. The first kappa shape index (κ1) is 21.7. The van der Waals surface area contributed by atoms with Crippen molar-refractivity contribution >= 4 is 32.7 Å². The maximum absolute atomic E-state index is 13.0. The van der Waals surface area contributed by atoms with Crippen LogP contribution in [-0.2, 0) is 14.8 Å². The van der Waals surface area contributed by atoms with Gasteiger partial charge >= 0.3 is 0 Å². The number of aromatic nitrogens is 1. The number of fused-ring (bicyclic) bond motifs is 1. The van der Waals surface area contributed by atoms with E-state index in [1.165, 1.54) is 10.6 Å². The number of rotatable bonds is 4. The summed E-state index contributed by atoms with van der Waals surface area (Å²) < 4.78 is 24.8. The summed E-state index contributed by atoms with van der Waals surface area (Å²) in [6.07, 6.45) is 3.77. The Hall–Kier alpha value is -2.52. The number of para-hydroxylation sites is 1. The predicted molar refractivity (Wildman–Crippen MR) is 118 cm³/mol. The molecule has 9 heteroatoms. The van der Waals surface area contributed by atoms with Gasteiger partial charge in [0.1, 0.15) is 0 Å². The van der Waals surface area contributed by atoms with E-state index in [2.05, 4.69) is 0 Å². The minimum atomic E-state index is -3.20. The van der Waals surface area contributed by atoms with Crippen LogP contribution in [0, 0.1) is 5.92 Å². The number of hydrogen-bond donors (Lipinski definition) is 1. The van der Waals surface area contributed by atoms with E-state index in [9.17, 15) is 18.0 Å². The lowest BCUT2D eigenvalue weighted by molar-refractivity contribution is -0.137. The first-order valence-electron chi connectivity index (χ1n) is 10.7. The van der Waals surface area contributed by atoms with Gasteiger partial charge in [0.05, 0.1) is 23.0 Å². The van der Waals surface area contributed by atoms with E-state index < -0.39 is 15.9 Å². The lowest BCUT2D eigenvalue weighted by Crippen LogP contribution is -2.46. The first-order valence-corrected chi connectivity index (χ1v) is 12.5. The van der Waals surface area contributed by atoms with Gasteiger partial charge < -0.3 is 10.6 Å². The van der Waals surface area contributed by atoms with Gasteiger partial charge in [0.2, 0.25) is 15.9 Å². The Morgan fingerprint density at radius 2 is 1.68 bits per heavy atom. The largest absolute Gasteiger partial charge is 0.366 e. The maximum atomic E-state index is 13.0. The zero-order chi connectivity index (χ0) is 22.2. The Kier molecular flexibility index (Phi) is 5.98. The zero-order valence-corrected chi connectivity index (χ0v) is 18.5. The zero-order valence-electron chi connectivity index (χ0n) is 17.7. The molecule has 2 saturated heterocycles. The van der Waals surface area contributed by atoms with Crippen LogP contribution in [0.4, 0.5) is 0 Å². The minimum absolute atomic E-state index is 0.0724. The van der Waals surface area contributed by atoms with E-state index >= 15 is 0 Å². The van der Waals surface area contributed by atoms with E-state index in [0.717, 1.165) is 29.4 Å². The van der Waals surface area contributed by atoms with E-state index in [0.29, 0.717) is 44.6 Å². The Labute approximate surface area is 182 Å². The molecule has 0 unspecified atom stereocenters. The van der Waals surface area contributed by atoms with Crippen molar-refractivity contribution in [2.45, 2.75) is 31.6 Å². The molecule has 0 spiro atoms. The summed E-state index contributed by atoms with van der Waals surface area (Å²) >= 11 is 0. The van der Waals surface area contributed by atoms with Gasteiger partial charge in [0.25, 0.3) is 5.91 Å². The molecule has 0 aliphatic carbocycles. The van der Waals surface area contributed by atoms with Crippen LogP contribution >= 0.6 is 0 Å². The lowest BCUT2D eigenvalue weighted by atomic mass is 9.88. The summed E-state index contributed by atoms with van der Waals surface area (Å²) in [5, 5.41) is 0.882. The third-order valence-electron chi connectivity index (χ3n) is 6.48. The van der Waals surface area contributed by atoms with Crippen molar-refractivity contribution < 1.29 is 18.0 Å². The molecular weight excluding hydrogens is 416 g/mol. The number of piperidine rings is 2. The van der Waals surface area contributed by atoms with E-state index in [1.807, 2.05) is 35.2 Å². The summed E-state index contributed by atoms with van der Waals surface area (Å²) in [5.41, 5.74) is 7.65. The van der Waals surface area contributed by atoms with Crippen LogP contribution in [0.1, 0.15) is 47.7 Å². The molecular formula is C22H28N4O4S. The SMILES string of the molecule is CS(=O)(=O)N1CCC(C(=O)N2CCC(c3nc4ccccc4cc3C(N)=O)CC2)CC1. The van der Waals surface area contributed by atoms with Gasteiger partial charge in [0, 0.05) is 43.4 Å². The average molecular weight is 445 g/mol. The Morgan fingerprint density at radius 1 is 1.03 bits per heavy atom. The number of amides is 2. The van der Waals surface area contributed by atoms with Crippen molar-refractivity contribution in [2.24, 2.45) is 11.7 Å². The fourth-order valence-corrected chi connectivity index (χ4v) is 5.58. The van der Waals surface area contributed by atoms with Crippen LogP contribution in [0.25, 0.3) is 10.9 Å². The molecule has 0 bridgehead atoms. The molecule has 2 N–H and O–H groups in total. The van der Waals surface area contributed by atoms with Crippen molar-refractivity contribution in [2.75, 3.05) is 32.4 Å². The molecule has 1 aromatic heterocycles. The highest BCUT2D eigenvalue weighted by Gasteiger charge is 2.34. The van der Waals surface area contributed by atoms with Gasteiger partial charge in [-0.3, -0.25) is 14.6 Å². The molecule has 2 fully saturated rings. The van der Waals surface area contributed by atoms with Gasteiger partial charge in [-0.25, -0.2) is 12.7 Å². The highest BCUT2D eigenvalue weighted by Crippen LogP contribution is 2.32. The van der Waals surface area contributed by atoms with E-state index in [-0.39, 0.29) is 17.7 Å². The number of sulfonamides is 1. The van der Waals surface area contributed by atoms with Crippen LogP contribution in [0.2, 0.25) is 0 Å². The molecule has 8 nitrogen and oxygen atoms in total. The van der Waals surface area contributed by atoms with Gasteiger partial charge in [-0.2, -0.15) is 0 Å². The molecule has 2 aliphatic rings. The number of pyridine rings is 1. The summed E-state index contributed by atoms with van der Waals surface area (Å²) in [6.45, 7) is 1.99. The Bertz CT molecular complexity index is 1100. The second kappa shape index (κ2) is 8.55. The highest BCUT2D eigenvalue weighted by molar-refractivity contribution is 7.88. The molecule has 0 radical (unpaired) electrons. The third kappa shape index (κ3) is 4.57. The van der Waals surface area contributed by atoms with Crippen molar-refractivity contribution in [1.82, 2.24) is 14.2 Å². The smallest absolute Gasteiger partial charge is 0.250 e. The standard InChI is InChI=1S/C22H28N4O4S/c1-31(29,30)26-12-8-16(9-13-26)22(28)25-10-6-15(7-11-25)20-18(21(23)27)14-17-4-2-3-5-19(17)24-20/h2-5,14-16H,6-13H2,1H3,(H2,23,27). The maximum Gasteiger partial charge on any atom is 0.250 e. The summed E-state index contributed by atoms with van der Waals surface area (Å²) in [5.74, 6) is -0.435. The number of likely N-dealkylation sites (tertiary alicyclic amines) is 1. The Morgan fingerprint density at radius 3 is 2.29 bits per heavy atom. The number of nitrogens with two attached hydrogens (primary N) is 1. The summed E-state index contributed by atoms with van der Waals surface area (Å²) in [7, 11) is -3.20. The van der Waals surface area contributed by atoms with E-state index in [4.69, 9.17) is 10.7 Å². The van der Waals surface area contributed by atoms with Crippen LogP contribution in [-0.4, -0.2) is 66.9 Å². The molecule has 0 atom stereocenters. The minimum Gasteiger partial charge on any atom is -0.366 e. The van der Waals surface area contributed by atoms with Gasteiger partial charge in [-0.15, -0.1) is 0 Å². The monoisotopic (exact) mass is 444 g/mol. The normalized spacial score (nSPS) is 19.6. The molecule has 3 heterocycles. The fourth-order valence-electron chi connectivity index (χ4n) is 4.71. The number of carbonyl (C=O) groups excluding carboxylic acids is 2. The molecule has 0 saturated carbocycles. The van der Waals surface area contributed by atoms with Crippen LogP contribution in [0.15, 0.2) is 30.3 Å². The quantitative estimate of drug-likeness (QED) is 0.771. The number of carbonyl (C=O) groups is 2. The molecule has 31 heavy (non-hydrogen) atoms. The van der Waals surface area contributed by atoms with Gasteiger partial charge in [-0.05, 0) is 37.8 Å². The molecule has 2 aromatic rings. The van der Waals surface area contributed by atoms with Gasteiger partial charge in [0.15, 0.2) is 0 Å². The molecule has 2 aliphatic heterocycles. The molecule has 1 aromatic carbocycles. The van der Waals surface area contributed by atoms with Crippen LogP contribution < -0.4 is 5.73 Å². The van der Waals surface area contributed by atoms with Crippen molar-refractivity contribution in [3.63, 3.8) is 0 Å². The van der Waals surface area contributed by atoms with Crippen LogP contribution in [0.3, 0.4) is 0 Å². The molecule has 166 valence electrons. The predicted octanol–water partition coefficient (Wildman–Crippen LogP) is 1.71. The van der Waals surface area contributed by atoms with E-state index in [1.54, 1.807) is 0 Å². The van der Waals surface area contributed by atoms with Crippen molar-refractivity contribution in [3.8, 4) is 0 Å². The lowest BCUT2D eigenvalue weighted by Gasteiger charge is -2.37. The second-order valence-electron chi connectivity index (χ2n) is 8.51. The Balaban J connectivity index is 1.43. The third-order valence-corrected chi connectivity index (χ3v) is 7.79. The van der Waals surface area contributed by atoms with Crippen molar-refractivity contribution in [1.29, 1.82) is 0 Å². The number of nitrogens with zero attached hydrogens (tertiary/aromatic N) is 3. The fraction of sp³-hybridized carbons (Fsp3) is 0.500. The number of primary amides is 1. The van der Waals surface area contributed by atoms with Gasteiger partial charge in [-0.1, -0.05) is 18.2 Å².